The minimum Gasteiger partial charge on any atom is -0.485 e. The Hall–Kier alpha value is -3.45. The van der Waals surface area contributed by atoms with Crippen LogP contribution in [0.4, 0.5) is 5.69 Å². The van der Waals surface area contributed by atoms with E-state index in [4.69, 9.17) is 4.74 Å². The number of hydrogen-bond acceptors (Lipinski definition) is 5. The van der Waals surface area contributed by atoms with Crippen molar-refractivity contribution in [3.05, 3.63) is 92.8 Å². The summed E-state index contributed by atoms with van der Waals surface area (Å²) in [6.45, 7) is 4.03. The fraction of sp³-hybridized carbons (Fsp3) is 0.208. The van der Waals surface area contributed by atoms with Gasteiger partial charge in [0.2, 0.25) is 5.91 Å². The van der Waals surface area contributed by atoms with E-state index in [1.807, 2.05) is 62.4 Å². The summed E-state index contributed by atoms with van der Waals surface area (Å²) in [7, 11) is 0. The summed E-state index contributed by atoms with van der Waals surface area (Å²) in [5, 5.41) is 2.95. The van der Waals surface area contributed by atoms with Crippen LogP contribution < -0.4 is 15.6 Å². The molecule has 0 radical (unpaired) electrons. The van der Waals surface area contributed by atoms with Crippen molar-refractivity contribution in [1.29, 1.82) is 0 Å². The van der Waals surface area contributed by atoms with Gasteiger partial charge < -0.3 is 10.1 Å². The number of carbonyl (C=O) groups excluding carboxylic acids is 1. The molecular weight excluding hydrogens is 410 g/mol. The number of fused-ring (bicyclic) bond motifs is 1. The second-order valence-corrected chi connectivity index (χ2v) is 8.62. The number of amides is 1. The molecule has 6 nitrogen and oxygen atoms in total. The number of nitrogens with zero attached hydrogens (tertiary/aromatic N) is 2. The Balaban J connectivity index is 1.45. The van der Waals surface area contributed by atoms with Crippen LogP contribution in [0.25, 0.3) is 4.96 Å². The average Bonchev–Trinajstić information content (AvgIpc) is 3.13. The second-order valence-electron chi connectivity index (χ2n) is 7.40. The summed E-state index contributed by atoms with van der Waals surface area (Å²) in [5.41, 5.74) is 3.16. The Morgan fingerprint density at radius 3 is 2.74 bits per heavy atom. The molecule has 31 heavy (non-hydrogen) atoms. The van der Waals surface area contributed by atoms with E-state index in [0.717, 1.165) is 16.0 Å². The van der Waals surface area contributed by atoms with Gasteiger partial charge in [0.05, 0.1) is 11.4 Å². The highest BCUT2D eigenvalue weighted by molar-refractivity contribution is 7.16. The molecular formula is C24H23N3O3S. The number of hydrogen-bond donors (Lipinski definition) is 1. The number of thiazole rings is 1. The molecule has 1 N–H and O–H groups in total. The molecule has 0 atom stereocenters. The molecule has 7 heteroatoms. The van der Waals surface area contributed by atoms with Gasteiger partial charge in [0.1, 0.15) is 12.4 Å². The Labute approximate surface area is 184 Å². The van der Waals surface area contributed by atoms with E-state index in [2.05, 4.69) is 10.3 Å². The van der Waals surface area contributed by atoms with Crippen molar-refractivity contribution in [3.63, 3.8) is 0 Å². The smallest absolute Gasteiger partial charge is 0.258 e. The highest BCUT2D eigenvalue weighted by atomic mass is 32.1. The van der Waals surface area contributed by atoms with Gasteiger partial charge >= 0.3 is 0 Å². The highest BCUT2D eigenvalue weighted by Gasteiger charge is 2.11. The van der Waals surface area contributed by atoms with Gasteiger partial charge in [-0.05, 0) is 43.5 Å². The summed E-state index contributed by atoms with van der Waals surface area (Å²) < 4.78 is 7.47. The van der Waals surface area contributed by atoms with Gasteiger partial charge in [0.25, 0.3) is 5.56 Å². The first kappa shape index (κ1) is 20.8. The molecule has 0 aliphatic heterocycles. The fourth-order valence-corrected chi connectivity index (χ4v) is 4.12. The molecule has 1 amide bonds. The molecule has 0 saturated heterocycles. The lowest BCUT2D eigenvalue weighted by Gasteiger charge is -2.13. The number of benzene rings is 2. The van der Waals surface area contributed by atoms with Crippen LogP contribution in [0, 0.1) is 13.8 Å². The van der Waals surface area contributed by atoms with E-state index in [-0.39, 0.29) is 18.1 Å². The summed E-state index contributed by atoms with van der Waals surface area (Å²) in [5.74, 6) is 0.467. The lowest BCUT2D eigenvalue weighted by Crippen LogP contribution is -2.15. The summed E-state index contributed by atoms with van der Waals surface area (Å²) in [4.78, 5) is 31.0. The highest BCUT2D eigenvalue weighted by Crippen LogP contribution is 2.27. The first-order valence-electron chi connectivity index (χ1n) is 10.0. The van der Waals surface area contributed by atoms with Crippen molar-refractivity contribution < 1.29 is 9.53 Å². The van der Waals surface area contributed by atoms with Gasteiger partial charge in [-0.25, -0.2) is 4.98 Å². The van der Waals surface area contributed by atoms with Gasteiger partial charge in [-0.15, -0.1) is 11.3 Å². The van der Waals surface area contributed by atoms with E-state index in [1.165, 1.54) is 21.8 Å². The van der Waals surface area contributed by atoms with E-state index >= 15 is 0 Å². The van der Waals surface area contributed by atoms with Gasteiger partial charge in [0, 0.05) is 23.6 Å². The minimum atomic E-state index is -0.133. The van der Waals surface area contributed by atoms with Crippen LogP contribution in [-0.2, 0) is 17.8 Å². The van der Waals surface area contributed by atoms with Crippen molar-refractivity contribution >= 4 is 27.9 Å². The maximum absolute atomic E-state index is 12.5. The Morgan fingerprint density at radius 2 is 1.94 bits per heavy atom. The molecule has 158 valence electrons. The minimum absolute atomic E-state index is 0.0776. The molecule has 0 bridgehead atoms. The van der Waals surface area contributed by atoms with E-state index in [1.54, 1.807) is 6.20 Å². The molecule has 4 rings (SSSR count). The maximum Gasteiger partial charge on any atom is 0.258 e. The number of carbonyl (C=O) groups is 1. The number of rotatable bonds is 7. The van der Waals surface area contributed by atoms with Crippen LogP contribution >= 0.6 is 11.3 Å². The largest absolute Gasteiger partial charge is 0.485 e. The third-order valence-corrected chi connectivity index (χ3v) is 5.70. The SMILES string of the molecule is Cc1ccc(OCc2cc(=O)n3cc(C)sc3n2)c(NC(=O)CCc2ccccc2)c1. The monoisotopic (exact) mass is 433 g/mol. The molecule has 0 unspecified atom stereocenters. The van der Waals surface area contributed by atoms with Gasteiger partial charge in [-0.1, -0.05) is 36.4 Å². The normalized spacial score (nSPS) is 10.9. The van der Waals surface area contributed by atoms with Crippen LogP contribution in [0.1, 0.15) is 28.1 Å². The number of anilines is 1. The van der Waals surface area contributed by atoms with Crippen molar-refractivity contribution in [2.75, 3.05) is 5.32 Å². The Bertz CT molecular complexity index is 1280. The molecule has 0 fully saturated rings. The zero-order valence-electron chi connectivity index (χ0n) is 17.4. The maximum atomic E-state index is 12.5. The molecule has 2 heterocycles. The molecule has 0 aliphatic carbocycles. The Morgan fingerprint density at radius 1 is 1.13 bits per heavy atom. The third-order valence-electron chi connectivity index (χ3n) is 4.80. The predicted molar refractivity (Wildman–Crippen MR) is 123 cm³/mol. The standard InChI is InChI=1S/C24H23N3O3S/c1-16-8-10-21(20(12-16)26-22(28)11-9-18-6-4-3-5-7-18)30-15-19-13-23(29)27-14-17(2)31-24(27)25-19/h3-8,10,12-14H,9,11,15H2,1-2H3,(H,26,28). The van der Waals surface area contributed by atoms with Crippen molar-refractivity contribution in [3.8, 4) is 5.75 Å². The van der Waals surface area contributed by atoms with E-state index in [0.29, 0.717) is 34.9 Å². The quantitative estimate of drug-likeness (QED) is 0.465. The summed E-state index contributed by atoms with van der Waals surface area (Å²) >= 11 is 1.46. The lowest BCUT2D eigenvalue weighted by atomic mass is 10.1. The molecule has 2 aromatic carbocycles. The molecule has 0 spiro atoms. The predicted octanol–water partition coefficient (Wildman–Crippen LogP) is 4.52. The first-order valence-corrected chi connectivity index (χ1v) is 10.9. The van der Waals surface area contributed by atoms with Gasteiger partial charge in [0.15, 0.2) is 4.96 Å². The summed E-state index contributed by atoms with van der Waals surface area (Å²) in [6, 6.07) is 17.0. The van der Waals surface area contributed by atoms with Crippen molar-refractivity contribution in [2.24, 2.45) is 0 Å². The number of nitrogens with one attached hydrogen (secondary N) is 1. The van der Waals surface area contributed by atoms with Crippen LogP contribution in [0.3, 0.4) is 0 Å². The third kappa shape index (κ3) is 5.19. The van der Waals surface area contributed by atoms with E-state index < -0.39 is 0 Å². The topological polar surface area (TPSA) is 72.7 Å². The zero-order valence-corrected chi connectivity index (χ0v) is 18.2. The van der Waals surface area contributed by atoms with Crippen LogP contribution in [0.2, 0.25) is 0 Å². The second kappa shape index (κ2) is 9.14. The number of aryl methyl sites for hydroxylation is 3. The average molecular weight is 434 g/mol. The van der Waals surface area contributed by atoms with Crippen LogP contribution in [0.15, 0.2) is 65.6 Å². The van der Waals surface area contributed by atoms with Gasteiger partial charge in [-0.3, -0.25) is 14.0 Å². The number of ether oxygens (including phenoxy) is 1. The first-order chi connectivity index (χ1) is 15.0. The summed E-state index contributed by atoms with van der Waals surface area (Å²) in [6.07, 6.45) is 2.83. The fourth-order valence-electron chi connectivity index (χ4n) is 3.27. The van der Waals surface area contributed by atoms with Crippen LogP contribution in [-0.4, -0.2) is 15.3 Å². The number of aromatic nitrogens is 2. The van der Waals surface area contributed by atoms with Crippen LogP contribution in [0.5, 0.6) is 5.75 Å². The molecule has 4 aromatic rings. The van der Waals surface area contributed by atoms with Crippen molar-refractivity contribution in [2.45, 2.75) is 33.3 Å². The lowest BCUT2D eigenvalue weighted by molar-refractivity contribution is -0.116. The van der Waals surface area contributed by atoms with Crippen molar-refractivity contribution in [1.82, 2.24) is 9.38 Å². The molecule has 2 aromatic heterocycles. The van der Waals surface area contributed by atoms with Gasteiger partial charge in [-0.2, -0.15) is 0 Å². The molecule has 0 saturated carbocycles. The Kier molecular flexibility index (Phi) is 6.13. The molecule has 0 aliphatic rings. The zero-order chi connectivity index (χ0) is 21.8. The van der Waals surface area contributed by atoms with E-state index in [9.17, 15) is 9.59 Å².